The van der Waals surface area contributed by atoms with Crippen molar-refractivity contribution in [3.05, 3.63) is 51.5 Å². The molecule has 0 saturated carbocycles. The first kappa shape index (κ1) is 18.1. The number of aryl methyl sites for hydroxylation is 1. The fraction of sp³-hybridized carbons (Fsp3) is 0.318. The number of aromatic nitrogens is 1. The normalized spacial score (nSPS) is 22.4. The Balaban J connectivity index is 1.62. The molecule has 4 aliphatic rings. The van der Waals surface area contributed by atoms with E-state index in [2.05, 4.69) is 0 Å². The molecule has 4 aliphatic heterocycles. The number of hydrogen-bond donors (Lipinski definition) is 1. The van der Waals surface area contributed by atoms with Crippen molar-refractivity contribution < 1.29 is 23.8 Å². The molecule has 0 aliphatic carbocycles. The Morgan fingerprint density at radius 3 is 2.97 bits per heavy atom. The lowest BCUT2D eigenvalue weighted by Crippen LogP contribution is -2.34. The van der Waals surface area contributed by atoms with E-state index < -0.39 is 12.1 Å². The molecule has 0 radical (unpaired) electrons. The number of carbonyl (C=O) groups is 2. The van der Waals surface area contributed by atoms with Gasteiger partial charge in [0.2, 0.25) is 0 Å². The van der Waals surface area contributed by atoms with Crippen LogP contribution in [0.4, 0.5) is 4.39 Å². The van der Waals surface area contributed by atoms with Crippen molar-refractivity contribution >= 4 is 40.1 Å². The van der Waals surface area contributed by atoms with Gasteiger partial charge in [-0.25, -0.2) is 14.2 Å². The van der Waals surface area contributed by atoms with Crippen molar-refractivity contribution in [2.75, 3.05) is 18.9 Å². The van der Waals surface area contributed by atoms with Crippen molar-refractivity contribution in [1.29, 1.82) is 0 Å². The summed E-state index contributed by atoms with van der Waals surface area (Å²) in [5.41, 5.74) is 5.46. The highest BCUT2D eigenvalue weighted by Crippen LogP contribution is 2.45. The SMILES string of the molecule is Cc1c(F)cc2nc3c(c4c2c1SCC4)CN1CC(=O)C2=C(C=C31)C(O)C(=O)OC2. The van der Waals surface area contributed by atoms with Crippen molar-refractivity contribution in [2.45, 2.75) is 30.9 Å². The Kier molecular flexibility index (Phi) is 3.71. The molecule has 8 heteroatoms. The van der Waals surface area contributed by atoms with Crippen LogP contribution in [0.25, 0.3) is 16.6 Å². The van der Waals surface area contributed by atoms with Crippen LogP contribution in [-0.2, 0) is 27.3 Å². The molecular weight excluding hydrogens is 407 g/mol. The minimum Gasteiger partial charge on any atom is -0.458 e. The second-order valence-corrected chi connectivity index (χ2v) is 9.08. The quantitative estimate of drug-likeness (QED) is 0.650. The minimum atomic E-state index is -1.49. The van der Waals surface area contributed by atoms with Crippen LogP contribution in [0.3, 0.4) is 0 Å². The van der Waals surface area contributed by atoms with Gasteiger partial charge in [0.05, 0.1) is 23.5 Å². The van der Waals surface area contributed by atoms with Gasteiger partial charge in [-0.3, -0.25) is 4.79 Å². The maximum atomic E-state index is 14.6. The second-order valence-electron chi connectivity index (χ2n) is 7.98. The van der Waals surface area contributed by atoms with E-state index in [4.69, 9.17) is 9.72 Å². The summed E-state index contributed by atoms with van der Waals surface area (Å²) in [5.74, 6) is -0.348. The number of benzene rings is 1. The first-order valence-corrected chi connectivity index (χ1v) is 10.8. The Labute approximate surface area is 175 Å². The van der Waals surface area contributed by atoms with Crippen molar-refractivity contribution in [3.8, 4) is 0 Å². The number of esters is 1. The standard InChI is InChI=1S/C22H17FN2O4S/c1-9-14(23)5-15-18-10(2-3-30-21(9)18)12-6-25-7-17(26)13-8-29-22(28)20(27)11(13)4-16(25)19(12)24-15/h4-5,20,27H,2-3,6-8H2,1H3. The molecule has 2 aromatic rings. The Hall–Kier alpha value is -2.71. The molecule has 0 fully saturated rings. The molecule has 6 nitrogen and oxygen atoms in total. The van der Waals surface area contributed by atoms with E-state index in [-0.39, 0.29) is 30.3 Å². The number of fused-ring (bicyclic) bond motifs is 4. The van der Waals surface area contributed by atoms with Crippen LogP contribution in [0.15, 0.2) is 28.2 Å². The van der Waals surface area contributed by atoms with Gasteiger partial charge in [0.25, 0.3) is 0 Å². The van der Waals surface area contributed by atoms with Gasteiger partial charge in [-0.15, -0.1) is 11.8 Å². The third-order valence-electron chi connectivity index (χ3n) is 6.35. The summed E-state index contributed by atoms with van der Waals surface area (Å²) in [6.45, 7) is 2.31. The monoisotopic (exact) mass is 424 g/mol. The first-order chi connectivity index (χ1) is 14.4. The number of carbonyl (C=O) groups excluding carboxylic acids is 2. The van der Waals surface area contributed by atoms with Gasteiger partial charge in [0.15, 0.2) is 11.9 Å². The molecule has 0 amide bonds. The molecule has 1 aromatic heterocycles. The number of pyridine rings is 1. The number of aliphatic hydroxyl groups excluding tert-OH is 1. The summed E-state index contributed by atoms with van der Waals surface area (Å²) >= 11 is 1.66. The minimum absolute atomic E-state index is 0.121. The molecule has 1 N–H and O–H groups in total. The number of halogens is 1. The van der Waals surface area contributed by atoms with E-state index in [1.54, 1.807) is 24.8 Å². The van der Waals surface area contributed by atoms with Crippen molar-refractivity contribution in [1.82, 2.24) is 9.88 Å². The predicted molar refractivity (Wildman–Crippen MR) is 108 cm³/mol. The highest BCUT2D eigenvalue weighted by Gasteiger charge is 2.39. The van der Waals surface area contributed by atoms with E-state index >= 15 is 0 Å². The molecule has 1 unspecified atom stereocenters. The predicted octanol–water partition coefficient (Wildman–Crippen LogP) is 2.28. The summed E-state index contributed by atoms with van der Waals surface area (Å²) in [7, 11) is 0. The number of Topliss-reactive ketones (excluding diaryl/α,β-unsaturated/α-hetero) is 1. The number of nitrogens with zero attached hydrogens (tertiary/aromatic N) is 2. The topological polar surface area (TPSA) is 79.7 Å². The van der Waals surface area contributed by atoms with Gasteiger partial charge in [0, 0.05) is 45.4 Å². The molecule has 0 spiro atoms. The zero-order valence-corrected chi connectivity index (χ0v) is 16.9. The Morgan fingerprint density at radius 2 is 2.13 bits per heavy atom. The lowest BCUT2D eigenvalue weighted by Gasteiger charge is -2.22. The van der Waals surface area contributed by atoms with Crippen LogP contribution in [0.2, 0.25) is 0 Å². The molecule has 6 rings (SSSR count). The number of thioether (sulfide) groups is 1. The lowest BCUT2D eigenvalue weighted by atomic mass is 9.95. The fourth-order valence-electron chi connectivity index (χ4n) is 4.82. The van der Waals surface area contributed by atoms with Gasteiger partial charge >= 0.3 is 5.97 Å². The van der Waals surface area contributed by atoms with Gasteiger partial charge < -0.3 is 14.7 Å². The zero-order chi connectivity index (χ0) is 20.7. The highest BCUT2D eigenvalue weighted by molar-refractivity contribution is 7.99. The second kappa shape index (κ2) is 6.15. The van der Waals surface area contributed by atoms with Crippen molar-refractivity contribution in [2.24, 2.45) is 0 Å². The molecule has 0 bridgehead atoms. The Bertz CT molecular complexity index is 1270. The van der Waals surface area contributed by atoms with E-state index in [1.165, 1.54) is 6.07 Å². The van der Waals surface area contributed by atoms with E-state index in [0.717, 1.165) is 33.6 Å². The molecule has 30 heavy (non-hydrogen) atoms. The number of ketones is 1. The maximum absolute atomic E-state index is 14.6. The largest absolute Gasteiger partial charge is 0.458 e. The van der Waals surface area contributed by atoms with Gasteiger partial charge in [-0.2, -0.15) is 0 Å². The first-order valence-electron chi connectivity index (χ1n) is 9.79. The van der Waals surface area contributed by atoms with Crippen LogP contribution < -0.4 is 0 Å². The Morgan fingerprint density at radius 1 is 1.30 bits per heavy atom. The third kappa shape index (κ3) is 2.31. The van der Waals surface area contributed by atoms with Gasteiger partial charge in [-0.1, -0.05) is 0 Å². The maximum Gasteiger partial charge on any atom is 0.340 e. The van der Waals surface area contributed by atoms with Crippen LogP contribution in [0.5, 0.6) is 0 Å². The number of ether oxygens (including phenoxy) is 1. The van der Waals surface area contributed by atoms with Gasteiger partial charge in [0.1, 0.15) is 12.4 Å². The number of cyclic esters (lactones) is 1. The zero-order valence-electron chi connectivity index (χ0n) is 16.1. The summed E-state index contributed by atoms with van der Waals surface area (Å²) in [6, 6.07) is 1.48. The third-order valence-corrected chi connectivity index (χ3v) is 7.56. The van der Waals surface area contributed by atoms with Crippen molar-refractivity contribution in [3.63, 3.8) is 0 Å². The summed E-state index contributed by atoms with van der Waals surface area (Å²) in [6.07, 6.45) is 1.05. The lowest BCUT2D eigenvalue weighted by molar-refractivity contribution is -0.152. The molecular formula is C22H17FN2O4S. The van der Waals surface area contributed by atoms with E-state index in [0.29, 0.717) is 34.6 Å². The highest BCUT2D eigenvalue weighted by atomic mass is 32.2. The smallest absolute Gasteiger partial charge is 0.340 e. The van der Waals surface area contributed by atoms with Crippen LogP contribution in [0, 0.1) is 12.7 Å². The molecule has 1 aromatic carbocycles. The van der Waals surface area contributed by atoms with Gasteiger partial charge in [-0.05, 0) is 30.5 Å². The summed E-state index contributed by atoms with van der Waals surface area (Å²) < 4.78 is 19.5. The average molecular weight is 424 g/mol. The molecule has 1 atom stereocenters. The number of hydrogen-bond acceptors (Lipinski definition) is 7. The summed E-state index contributed by atoms with van der Waals surface area (Å²) in [5, 5.41) is 11.4. The fourth-order valence-corrected chi connectivity index (χ4v) is 6.01. The van der Waals surface area contributed by atoms with Crippen LogP contribution in [-0.4, -0.2) is 51.8 Å². The molecule has 0 saturated heterocycles. The number of aliphatic hydroxyl groups is 1. The van der Waals surface area contributed by atoms with E-state index in [9.17, 15) is 19.1 Å². The van der Waals surface area contributed by atoms with E-state index in [1.807, 2.05) is 4.90 Å². The average Bonchev–Trinajstić information content (AvgIpc) is 2.99. The van der Waals surface area contributed by atoms with Crippen LogP contribution in [0.1, 0.15) is 22.4 Å². The molecule has 5 heterocycles. The van der Waals surface area contributed by atoms with Crippen LogP contribution >= 0.6 is 11.8 Å². The molecule has 152 valence electrons. The number of rotatable bonds is 0. The summed E-state index contributed by atoms with van der Waals surface area (Å²) in [4.78, 5) is 32.4.